The molecule has 220 valence electrons. The molecule has 5 rings (SSSR count). The highest BCUT2D eigenvalue weighted by Crippen LogP contribution is 2.43. The molecule has 1 saturated carbocycles. The molecule has 0 unspecified atom stereocenters. The molecule has 0 saturated heterocycles. The molecule has 2 aromatic heterocycles. The number of benzene rings is 2. The first-order valence-electron chi connectivity index (χ1n) is 13.5. The van der Waals surface area contributed by atoms with Crippen molar-refractivity contribution in [1.29, 1.82) is 0 Å². The van der Waals surface area contributed by atoms with Gasteiger partial charge in [0.05, 0.1) is 11.5 Å². The van der Waals surface area contributed by atoms with Crippen molar-refractivity contribution in [1.82, 2.24) is 20.3 Å². The second-order valence-electron chi connectivity index (χ2n) is 10.5. The Morgan fingerprint density at radius 3 is 2.48 bits per heavy atom. The molecule has 2 aromatic carbocycles. The van der Waals surface area contributed by atoms with E-state index >= 15 is 0 Å². The zero-order valence-corrected chi connectivity index (χ0v) is 23.6. The molecule has 4 N–H and O–H groups in total. The molecule has 12 heteroatoms. The fraction of sp³-hybridized carbons (Fsp3) is 0.333. The van der Waals surface area contributed by atoms with Gasteiger partial charge in [-0.2, -0.15) is 13.2 Å². The molecule has 42 heavy (non-hydrogen) atoms. The predicted molar refractivity (Wildman–Crippen MR) is 153 cm³/mol. The van der Waals surface area contributed by atoms with Crippen LogP contribution in [0, 0.1) is 12.8 Å². The van der Waals surface area contributed by atoms with E-state index in [0.717, 1.165) is 39.4 Å². The fourth-order valence-electron chi connectivity index (χ4n) is 4.99. The normalized spacial score (nSPS) is 19.0. The highest BCUT2D eigenvalue weighted by atomic mass is 32.1. The zero-order chi connectivity index (χ0) is 29.9. The number of amides is 1. The number of hydrogen-bond donors (Lipinski definition) is 4. The standard InChI is InChI=1S/C30H30F3N5O3S/c1-18-12-22(14-23(13-18)37-28-34-11-8-25(38-28)30(31,32)33)24-16-36-27(42-24)29(41)9-6-21(7-10-29)26(40)35-15-19-2-4-20(17-39)5-3-19/h2-5,8,11-14,16,21,39,41H,6-7,9-10,15,17H2,1H3,(H,35,40)(H,34,37,38). The Morgan fingerprint density at radius 2 is 1.79 bits per heavy atom. The van der Waals surface area contributed by atoms with E-state index in [9.17, 15) is 28.2 Å². The number of nitrogens with one attached hydrogen (secondary N) is 2. The number of nitrogens with zero attached hydrogens (tertiary/aromatic N) is 3. The van der Waals surface area contributed by atoms with Crippen LogP contribution in [0.5, 0.6) is 0 Å². The van der Waals surface area contributed by atoms with E-state index in [1.165, 1.54) is 11.3 Å². The van der Waals surface area contributed by atoms with Gasteiger partial charge in [0.15, 0.2) is 0 Å². The summed E-state index contributed by atoms with van der Waals surface area (Å²) in [7, 11) is 0. The summed E-state index contributed by atoms with van der Waals surface area (Å²) in [6.45, 7) is 2.24. The van der Waals surface area contributed by atoms with Gasteiger partial charge in [0, 0.05) is 30.5 Å². The van der Waals surface area contributed by atoms with Crippen molar-refractivity contribution in [3.8, 4) is 10.4 Å². The molecular formula is C30H30F3N5O3S. The summed E-state index contributed by atoms with van der Waals surface area (Å²) >= 11 is 1.35. The topological polar surface area (TPSA) is 120 Å². The largest absolute Gasteiger partial charge is 0.433 e. The average Bonchev–Trinajstić information content (AvgIpc) is 3.48. The number of anilines is 2. The Balaban J connectivity index is 1.22. The van der Waals surface area contributed by atoms with E-state index in [1.54, 1.807) is 18.3 Å². The number of halogens is 3. The Hall–Kier alpha value is -3.87. The van der Waals surface area contributed by atoms with Crippen molar-refractivity contribution < 1.29 is 28.2 Å². The molecule has 0 atom stereocenters. The first-order chi connectivity index (χ1) is 20.0. The van der Waals surface area contributed by atoms with E-state index in [2.05, 4.69) is 25.6 Å². The number of aryl methyl sites for hydroxylation is 1. The van der Waals surface area contributed by atoms with Crippen molar-refractivity contribution in [3.05, 3.63) is 88.3 Å². The van der Waals surface area contributed by atoms with E-state index < -0.39 is 17.5 Å². The zero-order valence-electron chi connectivity index (χ0n) is 22.8. The molecule has 0 bridgehead atoms. The van der Waals surface area contributed by atoms with Gasteiger partial charge in [0.25, 0.3) is 0 Å². The van der Waals surface area contributed by atoms with Gasteiger partial charge in [-0.1, -0.05) is 30.3 Å². The highest BCUT2D eigenvalue weighted by molar-refractivity contribution is 7.15. The van der Waals surface area contributed by atoms with Gasteiger partial charge in [-0.15, -0.1) is 11.3 Å². The second kappa shape index (κ2) is 12.2. The molecule has 4 aromatic rings. The SMILES string of the molecule is Cc1cc(Nc2nccc(C(F)(F)F)n2)cc(-c2cnc(C3(O)CCC(C(=O)NCc4ccc(CO)cc4)CC3)s2)c1. The molecule has 8 nitrogen and oxygen atoms in total. The van der Waals surface area contributed by atoms with Crippen LogP contribution in [0.2, 0.25) is 0 Å². The Bertz CT molecular complexity index is 1550. The summed E-state index contributed by atoms with van der Waals surface area (Å²) in [6, 6.07) is 13.7. The Labute approximate surface area is 244 Å². The molecule has 1 amide bonds. The minimum atomic E-state index is -4.58. The van der Waals surface area contributed by atoms with Crippen LogP contribution < -0.4 is 10.6 Å². The third kappa shape index (κ3) is 6.94. The number of thiazole rings is 1. The maximum absolute atomic E-state index is 13.1. The second-order valence-corrected chi connectivity index (χ2v) is 11.5. The van der Waals surface area contributed by atoms with Crippen molar-refractivity contribution >= 4 is 28.9 Å². The van der Waals surface area contributed by atoms with Crippen LogP contribution in [0.4, 0.5) is 24.8 Å². The van der Waals surface area contributed by atoms with Crippen LogP contribution in [0.1, 0.15) is 53.1 Å². The average molecular weight is 598 g/mol. The quantitative estimate of drug-likeness (QED) is 0.201. The van der Waals surface area contributed by atoms with Gasteiger partial charge in [-0.05, 0) is 73.1 Å². The van der Waals surface area contributed by atoms with Crippen molar-refractivity contribution in [2.45, 2.75) is 57.5 Å². The summed E-state index contributed by atoms with van der Waals surface area (Å²) in [5.41, 5.74) is 1.76. The van der Waals surface area contributed by atoms with Gasteiger partial charge in [-0.3, -0.25) is 4.79 Å². The molecule has 0 spiro atoms. The summed E-state index contributed by atoms with van der Waals surface area (Å²) in [5.74, 6) is -0.418. The van der Waals surface area contributed by atoms with Crippen molar-refractivity contribution in [2.24, 2.45) is 5.92 Å². The third-order valence-electron chi connectivity index (χ3n) is 7.32. The minimum absolute atomic E-state index is 0.0276. The van der Waals surface area contributed by atoms with Crippen LogP contribution in [0.25, 0.3) is 10.4 Å². The van der Waals surface area contributed by atoms with Crippen LogP contribution >= 0.6 is 11.3 Å². The summed E-state index contributed by atoms with van der Waals surface area (Å²) in [5, 5.41) is 27.0. The predicted octanol–water partition coefficient (Wildman–Crippen LogP) is 5.86. The lowest BCUT2D eigenvalue weighted by atomic mass is 9.78. The monoisotopic (exact) mass is 597 g/mol. The van der Waals surface area contributed by atoms with Gasteiger partial charge in [0.1, 0.15) is 16.3 Å². The van der Waals surface area contributed by atoms with Crippen LogP contribution in [-0.2, 0) is 29.7 Å². The van der Waals surface area contributed by atoms with Crippen LogP contribution in [0.15, 0.2) is 60.9 Å². The van der Waals surface area contributed by atoms with Crippen LogP contribution in [-0.4, -0.2) is 31.1 Å². The molecule has 0 radical (unpaired) electrons. The summed E-state index contributed by atoms with van der Waals surface area (Å²) in [6.07, 6.45) is 0.00628. The number of aliphatic hydroxyl groups excluding tert-OH is 1. The van der Waals surface area contributed by atoms with E-state index in [4.69, 9.17) is 0 Å². The number of aliphatic hydroxyl groups is 2. The van der Waals surface area contributed by atoms with E-state index in [-0.39, 0.29) is 24.4 Å². The summed E-state index contributed by atoms with van der Waals surface area (Å²) < 4.78 is 39.2. The minimum Gasteiger partial charge on any atom is -0.392 e. The number of rotatable bonds is 8. The van der Waals surface area contributed by atoms with Gasteiger partial charge < -0.3 is 20.8 Å². The molecule has 1 aliphatic carbocycles. The number of carbonyl (C=O) groups is 1. The maximum atomic E-state index is 13.1. The maximum Gasteiger partial charge on any atom is 0.433 e. The number of aromatic nitrogens is 3. The van der Waals surface area contributed by atoms with E-state index in [1.807, 2.05) is 37.3 Å². The lowest BCUT2D eigenvalue weighted by molar-refractivity contribution is -0.141. The molecule has 1 fully saturated rings. The molecular weight excluding hydrogens is 567 g/mol. The van der Waals surface area contributed by atoms with Crippen molar-refractivity contribution in [2.75, 3.05) is 5.32 Å². The summed E-state index contributed by atoms with van der Waals surface area (Å²) in [4.78, 5) is 25.6. The Morgan fingerprint density at radius 1 is 1.07 bits per heavy atom. The third-order valence-corrected chi connectivity index (χ3v) is 8.56. The Kier molecular flexibility index (Phi) is 8.58. The lowest BCUT2D eigenvalue weighted by Crippen LogP contribution is -2.38. The van der Waals surface area contributed by atoms with Gasteiger partial charge in [0.2, 0.25) is 11.9 Å². The number of alkyl halides is 3. The molecule has 0 aliphatic heterocycles. The van der Waals surface area contributed by atoms with Gasteiger partial charge in [-0.25, -0.2) is 15.0 Å². The first kappa shape index (κ1) is 29.6. The molecule has 1 aliphatic rings. The smallest absolute Gasteiger partial charge is 0.392 e. The van der Waals surface area contributed by atoms with Crippen molar-refractivity contribution in [3.63, 3.8) is 0 Å². The highest BCUT2D eigenvalue weighted by Gasteiger charge is 2.39. The first-order valence-corrected chi connectivity index (χ1v) is 14.3. The fourth-order valence-corrected chi connectivity index (χ4v) is 6.04. The van der Waals surface area contributed by atoms with E-state index in [0.29, 0.717) is 42.9 Å². The van der Waals surface area contributed by atoms with Gasteiger partial charge >= 0.3 is 6.18 Å². The lowest BCUT2D eigenvalue weighted by Gasteiger charge is -2.33. The molecule has 2 heterocycles. The number of carbonyl (C=O) groups excluding carboxylic acids is 1. The number of hydrogen-bond acceptors (Lipinski definition) is 8. The van der Waals surface area contributed by atoms with Crippen LogP contribution in [0.3, 0.4) is 0 Å².